The number of fused-ring (bicyclic) bond motifs is 1. The van der Waals surface area contributed by atoms with Crippen LogP contribution in [0.3, 0.4) is 0 Å². The highest BCUT2D eigenvalue weighted by molar-refractivity contribution is 6.05. The van der Waals surface area contributed by atoms with E-state index in [0.717, 1.165) is 88.9 Å². The summed E-state index contributed by atoms with van der Waals surface area (Å²) in [5.41, 5.74) is 2.31. The predicted octanol–water partition coefficient (Wildman–Crippen LogP) is 2.68. The molecule has 240 valence electrons. The highest BCUT2D eigenvalue weighted by Crippen LogP contribution is 2.31. The number of piperidine rings is 3. The lowest BCUT2D eigenvalue weighted by molar-refractivity contribution is -0.136. The third kappa shape index (κ3) is 6.88. The van der Waals surface area contributed by atoms with Gasteiger partial charge in [0.2, 0.25) is 11.8 Å². The normalized spacial score (nSPS) is 24.9. The second-order valence-corrected chi connectivity index (χ2v) is 14.2. The molecule has 0 radical (unpaired) electrons. The molecule has 5 aliphatic rings. The molecule has 0 unspecified atom stereocenters. The lowest BCUT2D eigenvalue weighted by Crippen LogP contribution is -2.52. The van der Waals surface area contributed by atoms with Crippen LogP contribution in [0.4, 0.5) is 10.5 Å². The van der Waals surface area contributed by atoms with E-state index in [0.29, 0.717) is 24.6 Å². The summed E-state index contributed by atoms with van der Waals surface area (Å²) < 4.78 is 5.56. The summed E-state index contributed by atoms with van der Waals surface area (Å²) in [6.45, 7) is 15.1. The van der Waals surface area contributed by atoms with Crippen LogP contribution in [0, 0.1) is 5.92 Å². The van der Waals surface area contributed by atoms with E-state index < -0.39 is 11.6 Å². The Balaban J connectivity index is 0.926. The minimum atomic E-state index is -0.580. The molecule has 0 aliphatic carbocycles. The van der Waals surface area contributed by atoms with Gasteiger partial charge in [-0.1, -0.05) is 0 Å². The Morgan fingerprint density at radius 3 is 2.27 bits per heavy atom. The van der Waals surface area contributed by atoms with Gasteiger partial charge in [0.05, 0.1) is 0 Å². The summed E-state index contributed by atoms with van der Waals surface area (Å²) >= 11 is 0. The molecule has 1 N–H and O–H groups in total. The van der Waals surface area contributed by atoms with Crippen molar-refractivity contribution in [3.63, 3.8) is 0 Å². The zero-order valence-electron chi connectivity index (χ0n) is 26.6. The number of amides is 4. The van der Waals surface area contributed by atoms with E-state index in [-0.39, 0.29) is 30.2 Å². The fraction of sp³-hybridized carbons (Fsp3) is 0.697. The molecule has 11 nitrogen and oxygen atoms in total. The summed E-state index contributed by atoms with van der Waals surface area (Å²) in [6, 6.07) is 6.04. The fourth-order valence-electron chi connectivity index (χ4n) is 7.55. The number of benzene rings is 1. The molecule has 1 aromatic rings. The number of anilines is 1. The predicted molar refractivity (Wildman–Crippen MR) is 166 cm³/mol. The minimum Gasteiger partial charge on any atom is -0.444 e. The van der Waals surface area contributed by atoms with Gasteiger partial charge in [0.15, 0.2) is 0 Å². The van der Waals surface area contributed by atoms with E-state index in [1.165, 1.54) is 12.8 Å². The van der Waals surface area contributed by atoms with Gasteiger partial charge < -0.3 is 24.3 Å². The van der Waals surface area contributed by atoms with Crippen molar-refractivity contribution < 1.29 is 23.9 Å². The van der Waals surface area contributed by atoms with Gasteiger partial charge in [0, 0.05) is 76.1 Å². The number of rotatable bonds is 5. The smallest absolute Gasteiger partial charge is 0.410 e. The summed E-state index contributed by atoms with van der Waals surface area (Å²) in [4.78, 5) is 60.6. The summed E-state index contributed by atoms with van der Waals surface area (Å²) in [6.07, 6.45) is 4.98. The van der Waals surface area contributed by atoms with Crippen molar-refractivity contribution in [2.75, 3.05) is 63.8 Å². The topological polar surface area (TPSA) is 106 Å². The second kappa shape index (κ2) is 12.7. The third-order valence-electron chi connectivity index (χ3n) is 10.0. The summed E-state index contributed by atoms with van der Waals surface area (Å²) in [5, 5.41) is 2.37. The number of imide groups is 1. The molecule has 0 spiro atoms. The highest BCUT2D eigenvalue weighted by atomic mass is 16.6. The lowest BCUT2D eigenvalue weighted by atomic mass is 9.93. The molecule has 0 bridgehead atoms. The van der Waals surface area contributed by atoms with E-state index >= 15 is 0 Å². The zero-order valence-corrected chi connectivity index (χ0v) is 26.6. The Kier molecular flexibility index (Phi) is 8.88. The van der Waals surface area contributed by atoms with Gasteiger partial charge >= 0.3 is 6.09 Å². The SMILES string of the molecule is CC(C)(C)OC(=O)N1CCC(N2CCC(CN3CCN(c4ccc5c(c4)CN([C@H]4CCC(=O)NC4=O)C5=O)CC3)CC2)CC1. The fourth-order valence-corrected chi connectivity index (χ4v) is 7.55. The first-order valence-corrected chi connectivity index (χ1v) is 16.5. The monoisotopic (exact) mass is 608 g/mol. The van der Waals surface area contributed by atoms with Crippen LogP contribution in [-0.2, 0) is 20.9 Å². The second-order valence-electron chi connectivity index (χ2n) is 14.2. The number of nitrogens with one attached hydrogen (secondary N) is 1. The Hall–Kier alpha value is -3.18. The van der Waals surface area contributed by atoms with E-state index in [9.17, 15) is 19.2 Å². The van der Waals surface area contributed by atoms with Crippen LogP contribution in [0.5, 0.6) is 0 Å². The quantitative estimate of drug-likeness (QED) is 0.509. The van der Waals surface area contributed by atoms with E-state index in [1.54, 1.807) is 4.90 Å². The van der Waals surface area contributed by atoms with Crippen molar-refractivity contribution >= 4 is 29.5 Å². The largest absolute Gasteiger partial charge is 0.444 e. The molecule has 44 heavy (non-hydrogen) atoms. The number of carbonyl (C=O) groups is 4. The van der Waals surface area contributed by atoms with Gasteiger partial charge in [-0.05, 0) is 95.6 Å². The molecular weight excluding hydrogens is 560 g/mol. The van der Waals surface area contributed by atoms with E-state index in [4.69, 9.17) is 4.74 Å². The van der Waals surface area contributed by atoms with Crippen molar-refractivity contribution in [2.45, 2.75) is 83.5 Å². The Labute approximate surface area is 260 Å². The standard InChI is InChI=1S/C33H48N6O5/c1-33(2,3)44-32(43)38-14-10-25(11-15-38)36-12-8-23(9-13-36)21-35-16-18-37(19-17-35)26-4-5-27-24(20-26)22-39(31(27)42)28-6-7-29(40)34-30(28)41/h4-5,20,23,25,28H,6-19,21-22H2,1-3H3,(H,34,40,41)/t28-/m0/s1. The maximum absolute atomic E-state index is 13.1. The molecule has 6 rings (SSSR count). The number of nitrogens with zero attached hydrogens (tertiary/aromatic N) is 5. The van der Waals surface area contributed by atoms with Crippen LogP contribution >= 0.6 is 0 Å². The van der Waals surface area contributed by atoms with Crippen LogP contribution < -0.4 is 10.2 Å². The lowest BCUT2D eigenvalue weighted by Gasteiger charge is -2.43. The molecule has 1 atom stereocenters. The first kappa shape index (κ1) is 30.8. The number of carbonyl (C=O) groups excluding carboxylic acids is 4. The molecule has 1 aromatic carbocycles. The number of hydrogen-bond acceptors (Lipinski definition) is 8. The van der Waals surface area contributed by atoms with E-state index in [2.05, 4.69) is 26.1 Å². The molecule has 0 saturated carbocycles. The van der Waals surface area contributed by atoms with Crippen LogP contribution in [0.2, 0.25) is 0 Å². The van der Waals surface area contributed by atoms with Gasteiger partial charge in [-0.15, -0.1) is 0 Å². The Morgan fingerprint density at radius 1 is 0.909 bits per heavy atom. The van der Waals surface area contributed by atoms with E-state index in [1.807, 2.05) is 37.8 Å². The average Bonchev–Trinajstić information content (AvgIpc) is 3.32. The number of ether oxygens (including phenoxy) is 1. The molecule has 4 amide bonds. The van der Waals surface area contributed by atoms with Gasteiger partial charge in [-0.3, -0.25) is 24.6 Å². The molecule has 0 aromatic heterocycles. The van der Waals surface area contributed by atoms with Gasteiger partial charge in [-0.25, -0.2) is 4.79 Å². The summed E-state index contributed by atoms with van der Waals surface area (Å²) in [7, 11) is 0. The average molecular weight is 609 g/mol. The molecule has 5 heterocycles. The van der Waals surface area contributed by atoms with Crippen molar-refractivity contribution in [2.24, 2.45) is 5.92 Å². The molecule has 4 saturated heterocycles. The zero-order chi connectivity index (χ0) is 31.0. The first-order chi connectivity index (χ1) is 21.0. The van der Waals surface area contributed by atoms with Crippen molar-refractivity contribution in [3.8, 4) is 0 Å². The van der Waals surface area contributed by atoms with Gasteiger partial charge in [-0.2, -0.15) is 0 Å². The maximum Gasteiger partial charge on any atom is 0.410 e. The van der Waals surface area contributed by atoms with Crippen molar-refractivity contribution in [3.05, 3.63) is 29.3 Å². The Bertz CT molecular complexity index is 1260. The molecular formula is C33H48N6O5. The summed E-state index contributed by atoms with van der Waals surface area (Å²) in [5.74, 6) is -0.0338. The minimum absolute atomic E-state index is 0.122. The molecule has 11 heteroatoms. The van der Waals surface area contributed by atoms with Crippen LogP contribution in [0.25, 0.3) is 0 Å². The van der Waals surface area contributed by atoms with Crippen LogP contribution in [-0.4, -0.2) is 120 Å². The highest BCUT2D eigenvalue weighted by Gasteiger charge is 2.39. The number of likely N-dealkylation sites (tertiary alicyclic amines) is 2. The number of hydrogen-bond donors (Lipinski definition) is 1. The third-order valence-corrected chi connectivity index (χ3v) is 10.0. The maximum atomic E-state index is 13.1. The first-order valence-electron chi connectivity index (χ1n) is 16.5. The molecule has 4 fully saturated rings. The van der Waals surface area contributed by atoms with Crippen molar-refractivity contribution in [1.82, 2.24) is 24.9 Å². The van der Waals surface area contributed by atoms with Crippen LogP contribution in [0.15, 0.2) is 18.2 Å². The van der Waals surface area contributed by atoms with Gasteiger partial charge in [0.25, 0.3) is 5.91 Å². The van der Waals surface area contributed by atoms with Gasteiger partial charge in [0.1, 0.15) is 11.6 Å². The molecule has 5 aliphatic heterocycles. The number of piperazine rings is 1. The van der Waals surface area contributed by atoms with Crippen molar-refractivity contribution in [1.29, 1.82) is 0 Å². The Morgan fingerprint density at radius 2 is 1.61 bits per heavy atom. The van der Waals surface area contributed by atoms with Crippen LogP contribution in [0.1, 0.15) is 75.2 Å².